The van der Waals surface area contributed by atoms with Crippen LogP contribution < -0.4 is 15.4 Å². The largest absolute Gasteiger partial charge is 0.352 e. The number of nitrogens with two attached hydrogens (primary N) is 1. The van der Waals surface area contributed by atoms with E-state index in [0.717, 1.165) is 45.4 Å². The van der Waals surface area contributed by atoms with Crippen LogP contribution in [0.15, 0.2) is 53.4 Å². The minimum atomic E-state index is -4.33. The normalized spacial score (nSPS) is 16.6. The lowest BCUT2D eigenvalue weighted by atomic mass is 9.98. The van der Waals surface area contributed by atoms with Gasteiger partial charge in [-0.05, 0) is 43.0 Å². The number of carbonyl (C=O) groups is 2. The summed E-state index contributed by atoms with van der Waals surface area (Å²) >= 11 is 7.21. The Morgan fingerprint density at radius 1 is 1.23 bits per heavy atom. The van der Waals surface area contributed by atoms with Crippen molar-refractivity contribution in [1.29, 1.82) is 0 Å². The summed E-state index contributed by atoms with van der Waals surface area (Å²) in [6.45, 7) is 0.329. The quantitative estimate of drug-likeness (QED) is 0.337. The van der Waals surface area contributed by atoms with Crippen LogP contribution in [-0.2, 0) is 18.7 Å². The maximum absolute atomic E-state index is 14.0. The fraction of sp³-hybridized carbons (Fsp3) is 0.364. The molecule has 190 valence electrons. The zero-order valence-electron chi connectivity index (χ0n) is 18.5. The molecule has 1 fully saturated rings. The number of hydrogen-bond acceptors (Lipinski definition) is 4. The standard InChI is InChI=1S/C22H24ClF2IN4O4S/c23-18-9-8-16(22(24,25)26)11-19(18)30(35(33,34)17-6-2-1-3-7-17)14-20(31)29-10-4-5-15(13-29)12-28-21(27)32/h1-3,6-9,11,15H,4-5,10,12-14H2,(H3,27,28,32). The molecule has 0 bridgehead atoms. The number of anilines is 1. The second-order valence-corrected chi connectivity index (χ2v) is 11.7. The number of nitrogens with one attached hydrogen (secondary N) is 1. The molecule has 1 aliphatic rings. The molecule has 35 heavy (non-hydrogen) atoms. The van der Waals surface area contributed by atoms with Crippen molar-refractivity contribution in [3.8, 4) is 0 Å². The summed E-state index contributed by atoms with van der Waals surface area (Å²) in [7, 11) is -4.33. The van der Waals surface area contributed by atoms with Crippen LogP contribution in [-0.4, -0.2) is 51.4 Å². The first kappa shape index (κ1) is 27.4. The number of nitrogens with zero attached hydrogens (tertiary/aromatic N) is 2. The molecule has 0 saturated carbocycles. The number of hydrogen-bond donors (Lipinski definition) is 2. The third-order valence-corrected chi connectivity index (χ3v) is 8.31. The fourth-order valence-electron chi connectivity index (χ4n) is 3.83. The van der Waals surface area contributed by atoms with Crippen molar-refractivity contribution in [3.05, 3.63) is 59.1 Å². The number of likely N-dealkylation sites (tertiary alicyclic amines) is 1. The van der Waals surface area contributed by atoms with Crippen molar-refractivity contribution in [2.75, 3.05) is 30.5 Å². The van der Waals surface area contributed by atoms with Crippen LogP contribution in [0.1, 0.15) is 18.4 Å². The average Bonchev–Trinajstić information content (AvgIpc) is 2.81. The van der Waals surface area contributed by atoms with Crippen LogP contribution in [0.25, 0.3) is 0 Å². The van der Waals surface area contributed by atoms with Gasteiger partial charge in [0.2, 0.25) is 5.91 Å². The van der Waals surface area contributed by atoms with Gasteiger partial charge in [0, 0.05) is 47.8 Å². The predicted octanol–water partition coefficient (Wildman–Crippen LogP) is 3.93. The lowest BCUT2D eigenvalue weighted by molar-refractivity contribution is -0.131. The number of amides is 3. The number of primary amides is 1. The fourth-order valence-corrected chi connectivity index (χ4v) is 5.88. The van der Waals surface area contributed by atoms with E-state index < -0.39 is 38.0 Å². The molecule has 1 heterocycles. The molecule has 0 spiro atoms. The van der Waals surface area contributed by atoms with Crippen LogP contribution in [0.5, 0.6) is 0 Å². The van der Waals surface area contributed by atoms with Crippen LogP contribution in [0, 0.1) is 5.92 Å². The van der Waals surface area contributed by atoms with Crippen molar-refractivity contribution >= 4 is 61.8 Å². The Kier molecular flexibility index (Phi) is 8.81. The third kappa shape index (κ3) is 6.94. The number of benzene rings is 2. The minimum Gasteiger partial charge on any atom is -0.352 e. The lowest BCUT2D eigenvalue weighted by Gasteiger charge is -2.34. The average molecular weight is 641 g/mol. The van der Waals surface area contributed by atoms with E-state index in [9.17, 15) is 26.8 Å². The van der Waals surface area contributed by atoms with Gasteiger partial charge in [0.05, 0.1) is 15.6 Å². The summed E-state index contributed by atoms with van der Waals surface area (Å²) in [5.41, 5.74) is 4.45. The molecular formula is C22H24ClF2IN4O4S. The number of urea groups is 1. The first-order chi connectivity index (χ1) is 16.4. The highest BCUT2D eigenvalue weighted by molar-refractivity contribution is 14.1. The summed E-state index contributed by atoms with van der Waals surface area (Å²) in [4.78, 5) is 25.7. The van der Waals surface area contributed by atoms with E-state index in [4.69, 9.17) is 17.3 Å². The smallest absolute Gasteiger partial charge is 0.321 e. The van der Waals surface area contributed by atoms with Gasteiger partial charge < -0.3 is 16.0 Å². The van der Waals surface area contributed by atoms with E-state index in [1.165, 1.54) is 35.2 Å². The summed E-state index contributed by atoms with van der Waals surface area (Å²) < 4.78 is 52.7. The summed E-state index contributed by atoms with van der Waals surface area (Å²) in [6.07, 6.45) is 1.41. The number of rotatable bonds is 8. The molecule has 1 atom stereocenters. The van der Waals surface area contributed by atoms with Crippen LogP contribution in [0.3, 0.4) is 0 Å². The van der Waals surface area contributed by atoms with Crippen LogP contribution in [0.4, 0.5) is 19.3 Å². The van der Waals surface area contributed by atoms with E-state index >= 15 is 0 Å². The molecule has 8 nitrogen and oxygen atoms in total. The van der Waals surface area contributed by atoms with Crippen LogP contribution in [0.2, 0.25) is 5.02 Å². The van der Waals surface area contributed by atoms with Gasteiger partial charge in [-0.3, -0.25) is 9.10 Å². The Morgan fingerprint density at radius 2 is 1.91 bits per heavy atom. The summed E-state index contributed by atoms with van der Waals surface area (Å²) in [5.74, 6) is -0.569. The number of piperidine rings is 1. The Hall–Kier alpha value is -2.19. The first-order valence-electron chi connectivity index (χ1n) is 10.6. The van der Waals surface area contributed by atoms with E-state index in [1.807, 2.05) is 0 Å². The molecule has 13 heteroatoms. The van der Waals surface area contributed by atoms with Gasteiger partial charge in [-0.15, -0.1) is 0 Å². The number of sulfonamides is 1. The van der Waals surface area contributed by atoms with Crippen molar-refractivity contribution < 1.29 is 26.8 Å². The predicted molar refractivity (Wildman–Crippen MR) is 137 cm³/mol. The number of halogens is 4. The molecule has 3 N–H and O–H groups in total. The summed E-state index contributed by atoms with van der Waals surface area (Å²) in [6, 6.07) is 9.97. The van der Waals surface area contributed by atoms with E-state index in [1.54, 1.807) is 6.07 Å². The molecule has 3 rings (SSSR count). The van der Waals surface area contributed by atoms with Crippen molar-refractivity contribution in [2.45, 2.75) is 21.7 Å². The van der Waals surface area contributed by atoms with E-state index in [0.29, 0.717) is 13.0 Å². The second-order valence-electron chi connectivity index (χ2n) is 8.08. The number of alkyl halides is 3. The highest BCUT2D eigenvalue weighted by Gasteiger charge is 2.34. The Morgan fingerprint density at radius 3 is 2.54 bits per heavy atom. The Labute approximate surface area is 221 Å². The topological polar surface area (TPSA) is 113 Å². The van der Waals surface area contributed by atoms with E-state index in [-0.39, 0.29) is 34.6 Å². The van der Waals surface area contributed by atoms with E-state index in [2.05, 4.69) is 5.32 Å². The van der Waals surface area contributed by atoms with Crippen molar-refractivity contribution in [3.63, 3.8) is 0 Å². The monoisotopic (exact) mass is 640 g/mol. The molecule has 3 amide bonds. The van der Waals surface area contributed by atoms with Gasteiger partial charge in [0.15, 0.2) is 0 Å². The highest BCUT2D eigenvalue weighted by atomic mass is 127. The molecule has 0 aliphatic carbocycles. The molecule has 1 unspecified atom stereocenters. The Balaban J connectivity index is 1.96. The van der Waals surface area contributed by atoms with Gasteiger partial charge in [-0.2, -0.15) is 8.78 Å². The molecule has 2 aromatic carbocycles. The number of carbonyl (C=O) groups excluding carboxylic acids is 2. The zero-order valence-corrected chi connectivity index (χ0v) is 22.2. The van der Waals surface area contributed by atoms with Gasteiger partial charge >= 0.3 is 9.96 Å². The zero-order chi connectivity index (χ0) is 25.8. The van der Waals surface area contributed by atoms with Gasteiger partial charge in [0.1, 0.15) is 6.54 Å². The van der Waals surface area contributed by atoms with Crippen molar-refractivity contribution in [1.82, 2.24) is 10.2 Å². The van der Waals surface area contributed by atoms with Crippen molar-refractivity contribution in [2.24, 2.45) is 11.7 Å². The molecule has 0 radical (unpaired) electrons. The van der Waals surface area contributed by atoms with Gasteiger partial charge in [-0.25, -0.2) is 13.2 Å². The second kappa shape index (κ2) is 11.2. The van der Waals surface area contributed by atoms with Crippen LogP contribution >= 0.6 is 34.2 Å². The minimum absolute atomic E-state index is 0.0518. The molecular weight excluding hydrogens is 617 g/mol. The lowest BCUT2D eigenvalue weighted by Crippen LogP contribution is -2.48. The van der Waals surface area contributed by atoms with Gasteiger partial charge in [-0.1, -0.05) is 35.9 Å². The Bertz CT molecular complexity index is 1180. The third-order valence-electron chi connectivity index (χ3n) is 5.59. The van der Waals surface area contributed by atoms with Gasteiger partial charge in [0.25, 0.3) is 10.0 Å². The first-order valence-corrected chi connectivity index (χ1v) is 13.5. The molecule has 2 aromatic rings. The maximum Gasteiger partial charge on any atom is 0.321 e. The summed E-state index contributed by atoms with van der Waals surface area (Å²) in [5, 5.41) is 2.43. The highest BCUT2D eigenvalue weighted by Crippen LogP contribution is 2.40. The molecule has 1 saturated heterocycles. The maximum atomic E-state index is 14.0. The SMILES string of the molecule is NC(=O)NCC1CCCN(C(=O)CN(c2cc(C(F)(F)I)ccc2Cl)S(=O)(=O)c2ccccc2)C1. The molecule has 0 aromatic heterocycles. The molecule has 1 aliphatic heterocycles.